The number of aromatic carboxylic acids is 1. The molecule has 0 amide bonds. The first-order valence-electron chi connectivity index (χ1n) is 5.60. The molecule has 0 spiro atoms. The molecule has 0 fully saturated rings. The molecule has 0 radical (unpaired) electrons. The first-order valence-corrected chi connectivity index (χ1v) is 6.39. The number of anilines is 1. The van der Waals surface area contributed by atoms with Crippen LogP contribution < -0.4 is 5.32 Å². The second kappa shape index (κ2) is 5.79. The lowest BCUT2D eigenvalue weighted by Crippen LogP contribution is -2.10. The quantitative estimate of drug-likeness (QED) is 0.905. The van der Waals surface area contributed by atoms with Gasteiger partial charge in [0.1, 0.15) is 11.9 Å². The molecular formula is C13H12BrN3O2. The summed E-state index contributed by atoms with van der Waals surface area (Å²) in [4.78, 5) is 18.8. The van der Waals surface area contributed by atoms with E-state index in [1.165, 1.54) is 12.5 Å². The molecule has 0 aliphatic carbocycles. The monoisotopic (exact) mass is 321 g/mol. The molecule has 0 saturated heterocycles. The number of nitrogens with one attached hydrogen (secondary N) is 1. The third-order valence-electron chi connectivity index (χ3n) is 2.67. The van der Waals surface area contributed by atoms with E-state index in [0.717, 1.165) is 15.7 Å². The van der Waals surface area contributed by atoms with Gasteiger partial charge in [0.05, 0.1) is 12.2 Å². The van der Waals surface area contributed by atoms with E-state index in [-0.39, 0.29) is 5.56 Å². The number of hydrogen-bond donors (Lipinski definition) is 2. The van der Waals surface area contributed by atoms with Gasteiger partial charge >= 0.3 is 5.97 Å². The highest BCUT2D eigenvalue weighted by Gasteiger charge is 2.11. The number of aromatic nitrogens is 2. The van der Waals surface area contributed by atoms with E-state index in [0.29, 0.717) is 12.2 Å². The first-order chi connectivity index (χ1) is 9.08. The molecule has 1 aromatic carbocycles. The summed E-state index contributed by atoms with van der Waals surface area (Å²) >= 11 is 3.40. The Labute approximate surface area is 118 Å². The van der Waals surface area contributed by atoms with E-state index in [1.807, 2.05) is 25.1 Å². The van der Waals surface area contributed by atoms with Crippen LogP contribution in [0, 0.1) is 6.92 Å². The number of halogens is 1. The number of rotatable bonds is 4. The molecule has 1 aromatic heterocycles. The smallest absolute Gasteiger partial charge is 0.339 e. The molecule has 0 bridgehead atoms. The third kappa shape index (κ3) is 3.29. The molecule has 6 heteroatoms. The Morgan fingerprint density at radius 2 is 2.26 bits per heavy atom. The molecule has 0 unspecified atom stereocenters. The summed E-state index contributed by atoms with van der Waals surface area (Å²) in [5, 5.41) is 12.2. The summed E-state index contributed by atoms with van der Waals surface area (Å²) in [5.74, 6) is -1.02. The SMILES string of the molecule is Cc1ccc(Br)cc1NCc1ncncc1C(=O)O. The van der Waals surface area contributed by atoms with Gasteiger partial charge < -0.3 is 10.4 Å². The van der Waals surface area contributed by atoms with Gasteiger partial charge in [-0.3, -0.25) is 0 Å². The minimum absolute atomic E-state index is 0.114. The predicted octanol–water partition coefficient (Wildman–Crippen LogP) is 2.86. The Morgan fingerprint density at radius 3 is 3.00 bits per heavy atom. The topological polar surface area (TPSA) is 75.1 Å². The van der Waals surface area contributed by atoms with E-state index in [1.54, 1.807) is 0 Å². The highest BCUT2D eigenvalue weighted by molar-refractivity contribution is 9.10. The van der Waals surface area contributed by atoms with E-state index in [2.05, 4.69) is 31.2 Å². The zero-order chi connectivity index (χ0) is 13.8. The van der Waals surface area contributed by atoms with Crippen LogP contribution in [0.3, 0.4) is 0 Å². The van der Waals surface area contributed by atoms with Crippen molar-refractivity contribution in [2.75, 3.05) is 5.32 Å². The molecule has 0 atom stereocenters. The van der Waals surface area contributed by atoms with Gasteiger partial charge in [-0.25, -0.2) is 14.8 Å². The molecule has 0 aliphatic rings. The minimum Gasteiger partial charge on any atom is -0.478 e. The van der Waals surface area contributed by atoms with Gasteiger partial charge in [-0.1, -0.05) is 22.0 Å². The Bertz CT molecular complexity index is 617. The fraction of sp³-hybridized carbons (Fsp3) is 0.154. The first kappa shape index (κ1) is 13.5. The van der Waals surface area contributed by atoms with Gasteiger partial charge in [-0.15, -0.1) is 0 Å². The van der Waals surface area contributed by atoms with Crippen molar-refractivity contribution in [1.82, 2.24) is 9.97 Å². The molecule has 2 N–H and O–H groups in total. The second-order valence-corrected chi connectivity index (χ2v) is 4.92. The highest BCUT2D eigenvalue weighted by atomic mass is 79.9. The van der Waals surface area contributed by atoms with Crippen molar-refractivity contribution in [2.45, 2.75) is 13.5 Å². The molecular weight excluding hydrogens is 310 g/mol. The van der Waals surface area contributed by atoms with Crippen molar-refractivity contribution in [3.8, 4) is 0 Å². The second-order valence-electron chi connectivity index (χ2n) is 4.00. The predicted molar refractivity (Wildman–Crippen MR) is 75.2 cm³/mol. The van der Waals surface area contributed by atoms with Crippen LogP contribution in [0.25, 0.3) is 0 Å². The number of aryl methyl sites for hydroxylation is 1. The van der Waals surface area contributed by atoms with Crippen LogP contribution in [0.1, 0.15) is 21.6 Å². The Balaban J connectivity index is 2.19. The summed E-state index contributed by atoms with van der Waals surface area (Å²) in [5.41, 5.74) is 2.59. The largest absolute Gasteiger partial charge is 0.478 e. The molecule has 0 saturated carbocycles. The molecule has 1 heterocycles. The van der Waals surface area contributed by atoms with E-state index >= 15 is 0 Å². The normalized spacial score (nSPS) is 10.2. The Kier molecular flexibility index (Phi) is 4.11. The van der Waals surface area contributed by atoms with Crippen molar-refractivity contribution in [3.05, 3.63) is 52.0 Å². The third-order valence-corrected chi connectivity index (χ3v) is 3.16. The maximum absolute atomic E-state index is 11.0. The molecule has 98 valence electrons. The van der Waals surface area contributed by atoms with Gasteiger partial charge in [0, 0.05) is 16.4 Å². The van der Waals surface area contributed by atoms with E-state index in [9.17, 15) is 4.79 Å². The van der Waals surface area contributed by atoms with Gasteiger partial charge in [-0.2, -0.15) is 0 Å². The maximum atomic E-state index is 11.0. The lowest BCUT2D eigenvalue weighted by atomic mass is 10.2. The standard InChI is InChI=1S/C13H12BrN3O2/c1-8-2-3-9(14)4-11(8)16-6-12-10(13(18)19)5-15-7-17-12/h2-5,7,16H,6H2,1H3,(H,18,19). The zero-order valence-corrected chi connectivity index (χ0v) is 11.8. The van der Waals surface area contributed by atoms with Gasteiger partial charge in [0.25, 0.3) is 0 Å². The van der Waals surface area contributed by atoms with Crippen molar-refractivity contribution in [2.24, 2.45) is 0 Å². The summed E-state index contributed by atoms with van der Waals surface area (Å²) in [6, 6.07) is 5.87. The van der Waals surface area contributed by atoms with Crippen molar-refractivity contribution in [1.29, 1.82) is 0 Å². The Hall–Kier alpha value is -1.95. The number of nitrogens with zero attached hydrogens (tertiary/aromatic N) is 2. The fourth-order valence-corrected chi connectivity index (χ4v) is 2.00. The highest BCUT2D eigenvalue weighted by Crippen LogP contribution is 2.21. The number of carboxylic acids is 1. The molecule has 2 rings (SSSR count). The van der Waals surface area contributed by atoms with Crippen molar-refractivity contribution in [3.63, 3.8) is 0 Å². The maximum Gasteiger partial charge on any atom is 0.339 e. The van der Waals surface area contributed by atoms with Gasteiger partial charge in [0.15, 0.2) is 0 Å². The van der Waals surface area contributed by atoms with Gasteiger partial charge in [0.2, 0.25) is 0 Å². The minimum atomic E-state index is -1.02. The number of carbonyl (C=O) groups is 1. The number of hydrogen-bond acceptors (Lipinski definition) is 4. The van der Waals surface area contributed by atoms with Crippen LogP contribution in [0.5, 0.6) is 0 Å². The zero-order valence-electron chi connectivity index (χ0n) is 10.2. The average molecular weight is 322 g/mol. The van der Waals surface area contributed by atoms with Gasteiger partial charge in [-0.05, 0) is 24.6 Å². The number of carboxylic acid groups (broad SMARTS) is 1. The van der Waals surface area contributed by atoms with Crippen LogP contribution in [0.4, 0.5) is 5.69 Å². The molecule has 0 aliphatic heterocycles. The van der Waals surface area contributed by atoms with Crippen LogP contribution in [-0.2, 0) is 6.54 Å². The van der Waals surface area contributed by atoms with Crippen LogP contribution >= 0.6 is 15.9 Å². The van der Waals surface area contributed by atoms with E-state index in [4.69, 9.17) is 5.11 Å². The fourth-order valence-electron chi connectivity index (χ4n) is 1.64. The lowest BCUT2D eigenvalue weighted by molar-refractivity contribution is 0.0694. The van der Waals surface area contributed by atoms with E-state index < -0.39 is 5.97 Å². The summed E-state index contributed by atoms with van der Waals surface area (Å²) < 4.78 is 0.960. The van der Waals surface area contributed by atoms with Crippen molar-refractivity contribution >= 4 is 27.6 Å². The Morgan fingerprint density at radius 1 is 1.47 bits per heavy atom. The lowest BCUT2D eigenvalue weighted by Gasteiger charge is -2.10. The van der Waals surface area contributed by atoms with Crippen LogP contribution in [0.2, 0.25) is 0 Å². The summed E-state index contributed by atoms with van der Waals surface area (Å²) in [6.45, 7) is 2.31. The van der Waals surface area contributed by atoms with Crippen LogP contribution in [-0.4, -0.2) is 21.0 Å². The average Bonchev–Trinajstić information content (AvgIpc) is 2.40. The summed E-state index contributed by atoms with van der Waals surface area (Å²) in [7, 11) is 0. The number of benzene rings is 1. The molecule has 5 nitrogen and oxygen atoms in total. The molecule has 2 aromatic rings. The van der Waals surface area contributed by atoms with Crippen molar-refractivity contribution < 1.29 is 9.90 Å². The summed E-state index contributed by atoms with van der Waals surface area (Å²) in [6.07, 6.45) is 2.65. The molecule has 19 heavy (non-hydrogen) atoms. The van der Waals surface area contributed by atoms with Crippen LogP contribution in [0.15, 0.2) is 35.2 Å².